The summed E-state index contributed by atoms with van der Waals surface area (Å²) in [5, 5.41) is 6.66. The number of carbonyl (C=O) groups excluding carboxylic acids is 2. The van der Waals surface area contributed by atoms with Crippen LogP contribution < -0.4 is 10.6 Å². The molecule has 1 aromatic rings. The van der Waals surface area contributed by atoms with E-state index in [-0.39, 0.29) is 18.2 Å². The number of aryl methyl sites for hydroxylation is 1. The van der Waals surface area contributed by atoms with Crippen molar-refractivity contribution in [3.63, 3.8) is 0 Å². The fraction of sp³-hybridized carbons (Fsp3) is 0.579. The van der Waals surface area contributed by atoms with Crippen LogP contribution in [0.4, 0.5) is 15.3 Å². The molecule has 1 aliphatic rings. The molecule has 1 fully saturated rings. The minimum atomic E-state index is -0.283. The summed E-state index contributed by atoms with van der Waals surface area (Å²) in [5.41, 5.74) is 2.83. The zero-order valence-electron chi connectivity index (χ0n) is 15.7. The second-order valence-electron chi connectivity index (χ2n) is 6.33. The van der Waals surface area contributed by atoms with Crippen LogP contribution in [0.2, 0.25) is 5.02 Å². The Morgan fingerprint density at radius 2 is 1.88 bits per heavy atom. The van der Waals surface area contributed by atoms with Crippen LogP contribution in [0.3, 0.4) is 0 Å². The molecule has 6 nitrogen and oxygen atoms in total. The number of nitrogens with zero attached hydrogens (tertiary/aromatic N) is 1. The van der Waals surface area contributed by atoms with Crippen molar-refractivity contribution in [2.45, 2.75) is 52.5 Å². The minimum absolute atomic E-state index is 0.0370. The van der Waals surface area contributed by atoms with Crippen molar-refractivity contribution in [1.29, 1.82) is 0 Å². The summed E-state index contributed by atoms with van der Waals surface area (Å²) < 4.78 is 5.01. The van der Waals surface area contributed by atoms with Gasteiger partial charge >= 0.3 is 12.1 Å². The van der Waals surface area contributed by atoms with Crippen LogP contribution >= 0.6 is 11.6 Å². The number of hydrogen-bond donors (Lipinski definition) is 2. The van der Waals surface area contributed by atoms with Gasteiger partial charge in [0.25, 0.3) is 0 Å². The number of nitrogens with one attached hydrogen (secondary N) is 2. The van der Waals surface area contributed by atoms with Gasteiger partial charge in [-0.15, -0.1) is 0 Å². The van der Waals surface area contributed by atoms with Crippen LogP contribution in [0.25, 0.3) is 0 Å². The van der Waals surface area contributed by atoms with Gasteiger partial charge in [0.05, 0.1) is 12.3 Å². The van der Waals surface area contributed by atoms with Gasteiger partial charge in [-0.2, -0.15) is 0 Å². The molecule has 0 aromatic heterocycles. The van der Waals surface area contributed by atoms with E-state index in [9.17, 15) is 9.59 Å². The van der Waals surface area contributed by atoms with E-state index in [0.29, 0.717) is 37.6 Å². The Labute approximate surface area is 160 Å². The highest BCUT2D eigenvalue weighted by Gasteiger charge is 2.25. The smallest absolute Gasteiger partial charge is 0.409 e. The average Bonchev–Trinajstić information content (AvgIpc) is 2.63. The molecule has 7 heteroatoms. The van der Waals surface area contributed by atoms with Crippen LogP contribution in [0.1, 0.15) is 44.7 Å². The van der Waals surface area contributed by atoms with E-state index in [4.69, 9.17) is 16.3 Å². The number of rotatable bonds is 5. The first kappa shape index (κ1) is 20.4. The Bertz CT molecular complexity index is 643. The van der Waals surface area contributed by atoms with Crippen LogP contribution in [0.5, 0.6) is 0 Å². The predicted octanol–water partition coefficient (Wildman–Crippen LogP) is 4.21. The number of piperidine rings is 1. The van der Waals surface area contributed by atoms with E-state index in [1.165, 1.54) is 0 Å². The fourth-order valence-electron chi connectivity index (χ4n) is 3.22. The lowest BCUT2D eigenvalue weighted by atomic mass is 10.0. The maximum absolute atomic E-state index is 12.5. The van der Waals surface area contributed by atoms with E-state index >= 15 is 0 Å². The molecule has 2 N–H and O–H groups in total. The monoisotopic (exact) mass is 381 g/mol. The molecule has 0 saturated carbocycles. The Morgan fingerprint density at radius 1 is 1.19 bits per heavy atom. The number of anilines is 1. The van der Waals surface area contributed by atoms with Gasteiger partial charge in [0.15, 0.2) is 0 Å². The van der Waals surface area contributed by atoms with Gasteiger partial charge in [0.2, 0.25) is 0 Å². The molecule has 26 heavy (non-hydrogen) atoms. The molecule has 0 bridgehead atoms. The normalized spacial score (nSPS) is 14.8. The van der Waals surface area contributed by atoms with Crippen LogP contribution in [0.15, 0.2) is 12.1 Å². The molecule has 1 saturated heterocycles. The van der Waals surface area contributed by atoms with Crippen molar-refractivity contribution in [1.82, 2.24) is 10.2 Å². The highest BCUT2D eigenvalue weighted by Crippen LogP contribution is 2.29. The molecule has 2 rings (SSSR count). The van der Waals surface area contributed by atoms with Crippen molar-refractivity contribution >= 4 is 29.4 Å². The van der Waals surface area contributed by atoms with Gasteiger partial charge in [-0.05, 0) is 49.8 Å². The van der Waals surface area contributed by atoms with E-state index in [2.05, 4.69) is 17.6 Å². The van der Waals surface area contributed by atoms with Gasteiger partial charge in [0, 0.05) is 24.2 Å². The first-order valence-corrected chi connectivity index (χ1v) is 9.67. The lowest BCUT2D eigenvalue weighted by molar-refractivity contribution is 0.0959. The van der Waals surface area contributed by atoms with Gasteiger partial charge in [0.1, 0.15) is 0 Å². The molecule has 1 aromatic carbocycles. The molecule has 0 radical (unpaired) electrons. The number of benzene rings is 1. The Balaban J connectivity index is 1.94. The van der Waals surface area contributed by atoms with Crippen molar-refractivity contribution in [3.8, 4) is 0 Å². The van der Waals surface area contributed by atoms with Crippen molar-refractivity contribution < 1.29 is 14.3 Å². The average molecular weight is 382 g/mol. The fourth-order valence-corrected chi connectivity index (χ4v) is 3.51. The summed E-state index contributed by atoms with van der Waals surface area (Å²) in [6.07, 6.45) is 2.71. The quantitative estimate of drug-likeness (QED) is 0.802. The van der Waals surface area contributed by atoms with Crippen LogP contribution in [0, 0.1) is 0 Å². The first-order chi connectivity index (χ1) is 12.5. The molecule has 0 unspecified atom stereocenters. The molecule has 0 aliphatic carbocycles. The molecule has 144 valence electrons. The number of hydrogen-bond acceptors (Lipinski definition) is 3. The molecule has 0 atom stereocenters. The summed E-state index contributed by atoms with van der Waals surface area (Å²) in [5.74, 6) is 0. The third kappa shape index (κ3) is 5.04. The van der Waals surface area contributed by atoms with Crippen LogP contribution in [-0.4, -0.2) is 42.8 Å². The zero-order chi connectivity index (χ0) is 19.1. The lowest BCUT2D eigenvalue weighted by Gasteiger charge is -2.31. The molecule has 0 spiro atoms. The number of carbonyl (C=O) groups is 2. The van der Waals surface area contributed by atoms with Crippen molar-refractivity contribution in [2.75, 3.05) is 25.0 Å². The number of ether oxygens (including phenoxy) is 1. The number of halogens is 1. The third-order valence-electron chi connectivity index (χ3n) is 4.67. The summed E-state index contributed by atoms with van der Waals surface area (Å²) in [6.45, 7) is 7.41. The summed E-state index contributed by atoms with van der Waals surface area (Å²) in [4.78, 5) is 25.9. The second kappa shape index (κ2) is 9.67. The molecule has 1 aliphatic heterocycles. The maximum Gasteiger partial charge on any atom is 0.409 e. The molecular formula is C19H28ClN3O3. The molecular weight excluding hydrogens is 354 g/mol. The third-order valence-corrected chi connectivity index (χ3v) is 5.03. The van der Waals surface area contributed by atoms with E-state index in [1.54, 1.807) is 11.8 Å². The van der Waals surface area contributed by atoms with Gasteiger partial charge < -0.3 is 20.3 Å². The number of amides is 3. The summed E-state index contributed by atoms with van der Waals surface area (Å²) in [7, 11) is 0. The number of urea groups is 1. The minimum Gasteiger partial charge on any atom is -0.450 e. The van der Waals surface area contributed by atoms with Gasteiger partial charge in [-0.1, -0.05) is 31.5 Å². The van der Waals surface area contributed by atoms with Gasteiger partial charge in [-0.3, -0.25) is 0 Å². The van der Waals surface area contributed by atoms with E-state index < -0.39 is 0 Å². The lowest BCUT2D eigenvalue weighted by Crippen LogP contribution is -2.47. The zero-order valence-corrected chi connectivity index (χ0v) is 16.5. The maximum atomic E-state index is 12.5. The van der Waals surface area contributed by atoms with Crippen molar-refractivity contribution in [3.05, 3.63) is 28.3 Å². The Morgan fingerprint density at radius 3 is 2.46 bits per heavy atom. The SMILES string of the molecule is CCOC(=O)N1CCC(NC(=O)Nc2c(CC)ccc(Cl)c2CC)CC1. The standard InChI is InChI=1S/C19H28ClN3O3/c1-4-13-7-8-16(20)15(5-2)17(13)22-18(24)21-14-9-11-23(12-10-14)19(25)26-6-3/h7-8,14H,4-6,9-12H2,1-3H3,(H2,21,22,24). The largest absolute Gasteiger partial charge is 0.450 e. The summed E-state index contributed by atoms with van der Waals surface area (Å²) in [6, 6.07) is 3.64. The molecule has 1 heterocycles. The Kier molecular flexibility index (Phi) is 7.57. The van der Waals surface area contributed by atoms with E-state index in [1.807, 2.05) is 19.1 Å². The predicted molar refractivity (Wildman–Crippen MR) is 104 cm³/mol. The first-order valence-electron chi connectivity index (χ1n) is 9.29. The number of likely N-dealkylation sites (tertiary alicyclic amines) is 1. The highest BCUT2D eigenvalue weighted by atomic mass is 35.5. The van der Waals surface area contributed by atoms with E-state index in [0.717, 1.165) is 29.7 Å². The van der Waals surface area contributed by atoms with Gasteiger partial charge in [-0.25, -0.2) is 9.59 Å². The van der Waals surface area contributed by atoms with Crippen LogP contribution in [-0.2, 0) is 17.6 Å². The summed E-state index contributed by atoms with van der Waals surface area (Å²) >= 11 is 6.28. The Hall–Kier alpha value is -1.95. The topological polar surface area (TPSA) is 70.7 Å². The second-order valence-corrected chi connectivity index (χ2v) is 6.73. The molecule has 3 amide bonds. The highest BCUT2D eigenvalue weighted by molar-refractivity contribution is 6.31. The van der Waals surface area contributed by atoms with Crippen molar-refractivity contribution in [2.24, 2.45) is 0 Å².